The molecule has 1 aromatic heterocycles. The van der Waals surface area contributed by atoms with Crippen molar-refractivity contribution in [2.75, 3.05) is 20.2 Å². The molecule has 0 saturated heterocycles. The van der Waals surface area contributed by atoms with Crippen molar-refractivity contribution in [1.29, 1.82) is 0 Å². The van der Waals surface area contributed by atoms with Gasteiger partial charge in [-0.25, -0.2) is 14.6 Å². The number of carbonyl (C=O) groups is 2. The lowest BCUT2D eigenvalue weighted by Crippen LogP contribution is -2.39. The lowest BCUT2D eigenvalue weighted by molar-refractivity contribution is 0.0270. The molecule has 0 saturated carbocycles. The first-order valence-corrected chi connectivity index (χ1v) is 8.01. The second kappa shape index (κ2) is 7.21. The van der Waals surface area contributed by atoms with Crippen molar-refractivity contribution >= 4 is 29.2 Å². The third kappa shape index (κ3) is 4.47. The molecule has 1 aliphatic heterocycles. The van der Waals surface area contributed by atoms with Crippen molar-refractivity contribution in [3.05, 3.63) is 34.6 Å². The first-order valence-electron chi connectivity index (χ1n) is 7.63. The van der Waals surface area contributed by atoms with Crippen LogP contribution in [0.5, 0.6) is 0 Å². The third-order valence-electron chi connectivity index (χ3n) is 3.45. The maximum Gasteiger partial charge on any atom is 0.410 e. The summed E-state index contributed by atoms with van der Waals surface area (Å²) in [5.41, 5.74) is 1.40. The monoisotopic (exact) mass is 352 g/mol. The van der Waals surface area contributed by atoms with Gasteiger partial charge in [-0.05, 0) is 44.9 Å². The smallest absolute Gasteiger partial charge is 0.410 e. The highest BCUT2D eigenvalue weighted by Crippen LogP contribution is 2.28. The Kier molecular flexibility index (Phi) is 5.49. The molecule has 0 atom stereocenters. The summed E-state index contributed by atoms with van der Waals surface area (Å²) in [6.45, 7) is 6.49. The summed E-state index contributed by atoms with van der Waals surface area (Å²) in [5.74, 6) is -0.530. The molecule has 0 aromatic carbocycles. The quantitative estimate of drug-likeness (QED) is 0.601. The van der Waals surface area contributed by atoms with Crippen molar-refractivity contribution in [2.24, 2.45) is 0 Å². The van der Waals surface area contributed by atoms with Crippen LogP contribution in [0.25, 0.3) is 5.57 Å². The first kappa shape index (κ1) is 18.3. The van der Waals surface area contributed by atoms with Crippen molar-refractivity contribution in [1.82, 2.24) is 9.88 Å². The molecule has 2 heterocycles. The number of esters is 1. The first-order chi connectivity index (χ1) is 11.2. The number of nitrogens with zero attached hydrogens (tertiary/aromatic N) is 2. The maximum atomic E-state index is 12.1. The molecule has 0 fully saturated rings. The van der Waals surface area contributed by atoms with Crippen LogP contribution in [0.2, 0.25) is 5.15 Å². The average molecular weight is 353 g/mol. The Balaban J connectivity index is 2.10. The van der Waals surface area contributed by atoms with Crippen LogP contribution < -0.4 is 0 Å². The minimum Gasteiger partial charge on any atom is -0.464 e. The molecule has 7 heteroatoms. The van der Waals surface area contributed by atoms with Crippen molar-refractivity contribution in [2.45, 2.75) is 32.8 Å². The fourth-order valence-electron chi connectivity index (χ4n) is 2.30. The van der Waals surface area contributed by atoms with Gasteiger partial charge in [0.1, 0.15) is 16.4 Å². The van der Waals surface area contributed by atoms with E-state index in [1.807, 2.05) is 26.8 Å². The van der Waals surface area contributed by atoms with E-state index < -0.39 is 11.6 Å². The summed E-state index contributed by atoms with van der Waals surface area (Å²) in [6.07, 6.45) is 2.23. The summed E-state index contributed by atoms with van der Waals surface area (Å²) < 4.78 is 9.99. The number of carbonyl (C=O) groups excluding carboxylic acids is 2. The van der Waals surface area contributed by atoms with E-state index >= 15 is 0 Å². The Hall–Kier alpha value is -2.08. The minimum atomic E-state index is -0.530. The predicted octanol–water partition coefficient (Wildman–Crippen LogP) is 3.55. The molecular weight excluding hydrogens is 332 g/mol. The number of ether oxygens (including phenoxy) is 2. The van der Waals surface area contributed by atoms with Crippen molar-refractivity contribution in [3.8, 4) is 0 Å². The number of halogens is 1. The highest BCUT2D eigenvalue weighted by atomic mass is 35.5. The molecule has 24 heavy (non-hydrogen) atoms. The molecule has 6 nitrogen and oxygen atoms in total. The second-order valence-corrected chi connectivity index (χ2v) is 6.79. The summed E-state index contributed by atoms with van der Waals surface area (Å²) >= 11 is 6.18. The van der Waals surface area contributed by atoms with Crippen LogP contribution in [0.3, 0.4) is 0 Å². The number of amides is 1. The van der Waals surface area contributed by atoms with E-state index in [4.69, 9.17) is 16.3 Å². The summed E-state index contributed by atoms with van der Waals surface area (Å²) in [6, 6.07) is 3.32. The van der Waals surface area contributed by atoms with Gasteiger partial charge in [0.2, 0.25) is 0 Å². The van der Waals surface area contributed by atoms with Crippen LogP contribution in [0, 0.1) is 0 Å². The SMILES string of the molecule is COC(=O)c1ccc(C2=CCN(C(=O)OC(C)(C)C)CC2)c(Cl)n1. The normalized spacial score (nSPS) is 14.9. The van der Waals surface area contributed by atoms with E-state index in [0.29, 0.717) is 19.5 Å². The topological polar surface area (TPSA) is 68.7 Å². The molecule has 1 aliphatic rings. The molecule has 0 aliphatic carbocycles. The Morgan fingerprint density at radius 3 is 2.50 bits per heavy atom. The Morgan fingerprint density at radius 1 is 1.29 bits per heavy atom. The maximum absolute atomic E-state index is 12.1. The zero-order valence-corrected chi connectivity index (χ0v) is 15.0. The largest absolute Gasteiger partial charge is 0.464 e. The molecule has 1 amide bonds. The molecule has 2 rings (SSSR count). The van der Waals surface area contributed by atoms with Gasteiger partial charge < -0.3 is 14.4 Å². The number of hydrogen-bond acceptors (Lipinski definition) is 5. The Labute approximate surface area is 146 Å². The van der Waals surface area contributed by atoms with Gasteiger partial charge in [0.25, 0.3) is 0 Å². The predicted molar refractivity (Wildman–Crippen MR) is 91.0 cm³/mol. The van der Waals surface area contributed by atoms with Gasteiger partial charge in [-0.3, -0.25) is 0 Å². The van der Waals surface area contributed by atoms with Crippen molar-refractivity contribution < 1.29 is 19.1 Å². The van der Waals surface area contributed by atoms with Gasteiger partial charge in [0, 0.05) is 18.7 Å². The molecule has 0 bridgehead atoms. The van der Waals surface area contributed by atoms with Crippen LogP contribution >= 0.6 is 11.6 Å². The highest BCUT2D eigenvalue weighted by Gasteiger charge is 2.24. The number of aromatic nitrogens is 1. The summed E-state index contributed by atoms with van der Waals surface area (Å²) in [7, 11) is 1.29. The van der Waals surface area contributed by atoms with Crippen LogP contribution in [-0.4, -0.2) is 47.7 Å². The van der Waals surface area contributed by atoms with Crippen molar-refractivity contribution in [3.63, 3.8) is 0 Å². The zero-order chi connectivity index (χ0) is 17.9. The lowest BCUT2D eigenvalue weighted by atomic mass is 10.0. The van der Waals surface area contributed by atoms with E-state index in [-0.39, 0.29) is 16.9 Å². The Bertz CT molecular complexity index is 680. The van der Waals surface area contributed by atoms with Crippen LogP contribution in [0.4, 0.5) is 4.79 Å². The molecule has 0 spiro atoms. The van der Waals surface area contributed by atoms with E-state index in [1.54, 1.807) is 17.0 Å². The van der Waals surface area contributed by atoms with E-state index in [9.17, 15) is 9.59 Å². The standard InChI is InChI=1S/C17H21ClN2O4/c1-17(2,3)24-16(22)20-9-7-11(8-10-20)12-5-6-13(15(21)23-4)19-14(12)18/h5-7H,8-10H2,1-4H3. The lowest BCUT2D eigenvalue weighted by Gasteiger charge is -2.29. The Morgan fingerprint density at radius 2 is 2.00 bits per heavy atom. The summed E-state index contributed by atoms with van der Waals surface area (Å²) in [5, 5.41) is 0.245. The van der Waals surface area contributed by atoms with Crippen LogP contribution in [-0.2, 0) is 9.47 Å². The van der Waals surface area contributed by atoms with Crippen LogP contribution in [0.1, 0.15) is 43.2 Å². The van der Waals surface area contributed by atoms with Crippen LogP contribution in [0.15, 0.2) is 18.2 Å². The molecule has 0 N–H and O–H groups in total. The van der Waals surface area contributed by atoms with Gasteiger partial charge in [-0.1, -0.05) is 17.7 Å². The van der Waals surface area contributed by atoms with Gasteiger partial charge in [-0.2, -0.15) is 0 Å². The van der Waals surface area contributed by atoms with E-state index in [0.717, 1.165) is 11.1 Å². The molecule has 1 aromatic rings. The highest BCUT2D eigenvalue weighted by molar-refractivity contribution is 6.31. The summed E-state index contributed by atoms with van der Waals surface area (Å²) in [4.78, 5) is 29.2. The number of hydrogen-bond donors (Lipinski definition) is 0. The number of methoxy groups -OCH3 is 1. The van der Waals surface area contributed by atoms with Gasteiger partial charge >= 0.3 is 12.1 Å². The third-order valence-corrected chi connectivity index (χ3v) is 3.74. The second-order valence-electron chi connectivity index (χ2n) is 6.43. The fourth-order valence-corrected chi connectivity index (χ4v) is 2.57. The van der Waals surface area contributed by atoms with Gasteiger partial charge in [-0.15, -0.1) is 0 Å². The molecular formula is C17H21ClN2O4. The van der Waals surface area contributed by atoms with Gasteiger partial charge in [0.15, 0.2) is 0 Å². The average Bonchev–Trinajstić information content (AvgIpc) is 2.52. The van der Waals surface area contributed by atoms with E-state index in [1.165, 1.54) is 7.11 Å². The zero-order valence-electron chi connectivity index (χ0n) is 14.3. The molecule has 130 valence electrons. The number of pyridine rings is 1. The fraction of sp³-hybridized carbons (Fsp3) is 0.471. The molecule has 0 radical (unpaired) electrons. The molecule has 0 unspecified atom stereocenters. The number of rotatable bonds is 2. The van der Waals surface area contributed by atoms with E-state index in [2.05, 4.69) is 9.72 Å². The minimum absolute atomic E-state index is 0.165. The van der Waals surface area contributed by atoms with Gasteiger partial charge in [0.05, 0.1) is 7.11 Å².